The molecule has 0 N–H and O–H groups in total. The van der Waals surface area contributed by atoms with E-state index in [1.165, 1.54) is 0 Å². The molecule has 0 fully saturated rings. The quantitative estimate of drug-likeness (QED) is 0.301. The number of hydrogen-bond acceptors (Lipinski definition) is 8. The van der Waals surface area contributed by atoms with E-state index in [-0.39, 0.29) is 3.71 Å². The van der Waals surface area contributed by atoms with Gasteiger partial charge in [0, 0.05) is 12.1 Å². The van der Waals surface area contributed by atoms with Gasteiger partial charge in [0.25, 0.3) is 31.4 Å². The van der Waals surface area contributed by atoms with Gasteiger partial charge in [0.05, 0.1) is 32.4 Å². The molecule has 0 amide bonds. The third-order valence-corrected chi connectivity index (χ3v) is 8.00. The molecule has 0 spiro atoms. The van der Waals surface area contributed by atoms with E-state index in [0.717, 1.165) is 12.2 Å². The van der Waals surface area contributed by atoms with E-state index in [2.05, 4.69) is 0 Å². The molecule has 0 aliphatic rings. The molecular weight excluding hydrogens is 498 g/mol. The Labute approximate surface area is 200 Å². The summed E-state index contributed by atoms with van der Waals surface area (Å²) in [6, 6.07) is 18.1. The molecule has 11 nitrogen and oxygen atoms in total. The first-order chi connectivity index (χ1) is 16.5. The first-order valence-electron chi connectivity index (χ1n) is 9.70. The Morgan fingerprint density at radius 2 is 1.00 bits per heavy atom. The van der Waals surface area contributed by atoms with E-state index in [9.17, 15) is 37.1 Å². The zero-order valence-electron chi connectivity index (χ0n) is 17.7. The van der Waals surface area contributed by atoms with Gasteiger partial charge >= 0.3 is 0 Å². The Morgan fingerprint density at radius 3 is 1.34 bits per heavy atom. The highest BCUT2D eigenvalue weighted by Gasteiger charge is 2.34. The number of rotatable bonds is 9. The first kappa shape index (κ1) is 25.3. The zero-order valence-corrected chi connectivity index (χ0v) is 19.4. The monoisotopic (exact) mass is 515 g/mol. The molecule has 0 bridgehead atoms. The molecule has 0 atom stereocenters. The Kier molecular flexibility index (Phi) is 7.42. The second kappa shape index (κ2) is 10.3. The van der Waals surface area contributed by atoms with Crippen molar-refractivity contribution in [2.24, 2.45) is 0 Å². The fourth-order valence-corrected chi connectivity index (χ4v) is 6.04. The Morgan fingerprint density at radius 1 is 0.629 bits per heavy atom. The summed E-state index contributed by atoms with van der Waals surface area (Å²) >= 11 is 0. The van der Waals surface area contributed by atoms with Crippen molar-refractivity contribution in [1.82, 2.24) is 0 Å². The molecule has 0 heterocycles. The molecule has 0 radical (unpaired) electrons. The van der Waals surface area contributed by atoms with Crippen molar-refractivity contribution in [3.05, 3.63) is 121 Å². The predicted octanol–water partition coefficient (Wildman–Crippen LogP) is 4.31. The van der Waals surface area contributed by atoms with Crippen LogP contribution in [0.1, 0.15) is 11.1 Å². The number of benzene rings is 3. The topological polar surface area (TPSA) is 158 Å². The smallest absolute Gasteiger partial charge is 0.258 e. The molecule has 0 aliphatic carbocycles. The number of anilines is 1. The van der Waals surface area contributed by atoms with Gasteiger partial charge in [-0.25, -0.2) is 16.8 Å². The fourth-order valence-electron chi connectivity index (χ4n) is 2.90. The molecule has 0 unspecified atom stereocenters. The SMILES string of the molecule is O=[N+]([O-])c1cc(N(S(=O)(=O)/C=C\c2ccccc2)S(=O)(=O)/C=C\c2ccccc2)cc([N+](=O)[O-])c1. The summed E-state index contributed by atoms with van der Waals surface area (Å²) in [5.41, 5.74) is -1.65. The number of non-ortho nitro benzene ring substituents is 2. The highest BCUT2D eigenvalue weighted by atomic mass is 32.3. The normalized spacial score (nSPS) is 12.1. The second-order valence-corrected chi connectivity index (χ2v) is 10.5. The van der Waals surface area contributed by atoms with Crippen molar-refractivity contribution in [3.8, 4) is 0 Å². The van der Waals surface area contributed by atoms with Crippen LogP contribution in [0.4, 0.5) is 17.1 Å². The maximum Gasteiger partial charge on any atom is 0.278 e. The predicted molar refractivity (Wildman–Crippen MR) is 131 cm³/mol. The average Bonchev–Trinajstić information content (AvgIpc) is 2.82. The van der Waals surface area contributed by atoms with Crippen LogP contribution in [0.3, 0.4) is 0 Å². The van der Waals surface area contributed by atoms with Crippen LogP contribution in [0.2, 0.25) is 0 Å². The van der Waals surface area contributed by atoms with Crippen molar-refractivity contribution in [1.29, 1.82) is 0 Å². The first-order valence-corrected chi connectivity index (χ1v) is 12.7. The maximum absolute atomic E-state index is 13.2. The van der Waals surface area contributed by atoms with Gasteiger partial charge in [-0.1, -0.05) is 60.7 Å². The van der Waals surface area contributed by atoms with Crippen LogP contribution < -0.4 is 3.71 Å². The van der Waals surface area contributed by atoms with Gasteiger partial charge in [0.1, 0.15) is 0 Å². The third kappa shape index (κ3) is 6.37. The van der Waals surface area contributed by atoms with Crippen LogP contribution in [0.25, 0.3) is 12.2 Å². The number of sulfonamides is 2. The lowest BCUT2D eigenvalue weighted by Crippen LogP contribution is -2.34. The van der Waals surface area contributed by atoms with E-state index in [1.807, 2.05) is 0 Å². The molecule has 0 aromatic heterocycles. The molecule has 3 aromatic rings. The molecule has 35 heavy (non-hydrogen) atoms. The standard InChI is InChI=1S/C22H17N3O8S2/c26-23(27)20-15-21(24(28)29)17-22(16-20)25(34(30,31)13-11-18-7-3-1-4-8-18)35(32,33)14-12-19-9-5-2-6-10-19/h1-17H/b13-11-,14-12-. The van der Waals surface area contributed by atoms with Crippen LogP contribution in [-0.4, -0.2) is 26.7 Å². The lowest BCUT2D eigenvalue weighted by Gasteiger charge is -2.20. The number of hydrogen-bond donors (Lipinski definition) is 0. The van der Waals surface area contributed by atoms with Gasteiger partial charge < -0.3 is 0 Å². The summed E-state index contributed by atoms with van der Waals surface area (Å²) in [5.74, 6) is 0. The van der Waals surface area contributed by atoms with Gasteiger partial charge in [0.15, 0.2) is 0 Å². The molecule has 0 saturated carbocycles. The zero-order chi connectivity index (χ0) is 25.6. The van der Waals surface area contributed by atoms with Gasteiger partial charge in [-0.05, 0) is 23.3 Å². The summed E-state index contributed by atoms with van der Waals surface area (Å²) in [6.07, 6.45) is 2.26. The van der Waals surface area contributed by atoms with Crippen molar-refractivity contribution in [2.75, 3.05) is 3.71 Å². The van der Waals surface area contributed by atoms with Crippen LogP contribution >= 0.6 is 0 Å². The number of nitrogens with zero attached hydrogens (tertiary/aromatic N) is 3. The second-order valence-electron chi connectivity index (χ2n) is 6.94. The molecule has 180 valence electrons. The van der Waals surface area contributed by atoms with Crippen LogP contribution in [0.5, 0.6) is 0 Å². The summed E-state index contributed by atoms with van der Waals surface area (Å²) in [6.45, 7) is 0. The Balaban J connectivity index is 2.21. The Hall–Kier alpha value is -4.36. The van der Waals surface area contributed by atoms with E-state index in [4.69, 9.17) is 0 Å². The Bertz CT molecular complexity index is 1410. The van der Waals surface area contributed by atoms with Crippen molar-refractivity contribution in [2.45, 2.75) is 0 Å². The van der Waals surface area contributed by atoms with Crippen LogP contribution in [0.15, 0.2) is 89.7 Å². The van der Waals surface area contributed by atoms with Gasteiger partial charge in [-0.3, -0.25) is 20.2 Å². The van der Waals surface area contributed by atoms with Gasteiger partial charge in [-0.15, -0.1) is 0 Å². The molecular formula is C22H17N3O8S2. The average molecular weight is 516 g/mol. The molecule has 3 rings (SSSR count). The summed E-state index contributed by atoms with van der Waals surface area (Å²) in [5, 5.41) is 23.8. The lowest BCUT2D eigenvalue weighted by atomic mass is 10.2. The molecule has 0 aliphatic heterocycles. The molecule has 0 saturated heterocycles. The number of nitro groups is 2. The fraction of sp³-hybridized carbons (Fsp3) is 0. The van der Waals surface area contributed by atoms with Gasteiger partial charge in [-0.2, -0.15) is 3.71 Å². The van der Waals surface area contributed by atoms with Crippen LogP contribution in [-0.2, 0) is 20.0 Å². The van der Waals surface area contributed by atoms with Gasteiger partial charge in [0.2, 0.25) is 0 Å². The van der Waals surface area contributed by atoms with E-state index < -0.39 is 47.0 Å². The maximum atomic E-state index is 13.2. The minimum atomic E-state index is -4.85. The van der Waals surface area contributed by atoms with Crippen molar-refractivity contribution in [3.63, 3.8) is 0 Å². The summed E-state index contributed by atoms with van der Waals surface area (Å²) in [7, 11) is -9.70. The highest BCUT2D eigenvalue weighted by molar-refractivity contribution is 8.12. The van der Waals surface area contributed by atoms with Crippen molar-refractivity contribution >= 4 is 49.3 Å². The minimum Gasteiger partial charge on any atom is -0.258 e. The molecule has 13 heteroatoms. The third-order valence-electron chi connectivity index (χ3n) is 4.45. The van der Waals surface area contributed by atoms with E-state index >= 15 is 0 Å². The molecule has 3 aromatic carbocycles. The highest BCUT2D eigenvalue weighted by Crippen LogP contribution is 2.33. The summed E-state index contributed by atoms with van der Waals surface area (Å²) in [4.78, 5) is 20.6. The largest absolute Gasteiger partial charge is 0.278 e. The van der Waals surface area contributed by atoms with Crippen LogP contribution in [0, 0.1) is 20.2 Å². The summed E-state index contributed by atoms with van der Waals surface area (Å²) < 4.78 is 52.8. The minimum absolute atomic E-state index is 0.0844. The number of nitro benzene ring substituents is 2. The van der Waals surface area contributed by atoms with E-state index in [0.29, 0.717) is 40.1 Å². The lowest BCUT2D eigenvalue weighted by molar-refractivity contribution is -0.394. The van der Waals surface area contributed by atoms with E-state index in [1.54, 1.807) is 60.7 Å². The van der Waals surface area contributed by atoms with Crippen molar-refractivity contribution < 1.29 is 26.7 Å².